The molecular weight excluding hydrogens is 463 g/mol. The SMILES string of the molecule is Cc1cnn(C)c1-c1ccc(NC(=O)C(OC(=O)NC(C)(C)C)C2CCC(C(F)(F)F)CC2)nc1. The van der Waals surface area contributed by atoms with Crippen LogP contribution in [-0.4, -0.2) is 44.6 Å². The van der Waals surface area contributed by atoms with E-state index in [-0.39, 0.29) is 31.5 Å². The molecule has 0 radical (unpaired) electrons. The van der Waals surface area contributed by atoms with Gasteiger partial charge in [-0.05, 0) is 71.1 Å². The number of halogens is 3. The summed E-state index contributed by atoms with van der Waals surface area (Å²) < 4.78 is 46.5. The van der Waals surface area contributed by atoms with Gasteiger partial charge in [0.1, 0.15) is 5.82 Å². The Kier molecular flexibility index (Phi) is 7.76. The van der Waals surface area contributed by atoms with Gasteiger partial charge in [0, 0.05) is 30.3 Å². The van der Waals surface area contributed by atoms with E-state index in [9.17, 15) is 22.8 Å². The standard InChI is InChI=1S/C24H32F3N5O3/c1-14-12-29-32(5)19(14)16-8-11-18(28-13-16)30-21(33)20(35-22(34)31-23(2,3)4)15-6-9-17(10-7-15)24(25,26)27/h8,11-13,15,17,20H,6-7,9-10H2,1-5H3,(H,31,34)(H,28,30,33). The molecule has 2 N–H and O–H groups in total. The van der Waals surface area contributed by atoms with Crippen LogP contribution in [0.1, 0.15) is 52.0 Å². The normalized spacial score (nSPS) is 19.7. The molecule has 0 spiro atoms. The fraction of sp³-hybridized carbons (Fsp3) is 0.583. The smallest absolute Gasteiger partial charge is 0.408 e. The van der Waals surface area contributed by atoms with Crippen molar-refractivity contribution in [1.82, 2.24) is 20.1 Å². The number of nitrogens with zero attached hydrogens (tertiary/aromatic N) is 3. The third-order valence-corrected chi connectivity index (χ3v) is 6.04. The molecule has 2 aromatic rings. The van der Waals surface area contributed by atoms with E-state index < -0.39 is 41.7 Å². The Balaban J connectivity index is 1.74. The van der Waals surface area contributed by atoms with Gasteiger partial charge < -0.3 is 15.4 Å². The Hall–Kier alpha value is -3.11. The minimum Gasteiger partial charge on any atom is -0.436 e. The van der Waals surface area contributed by atoms with Gasteiger partial charge in [-0.1, -0.05) is 0 Å². The molecule has 0 bridgehead atoms. The van der Waals surface area contributed by atoms with Crippen molar-refractivity contribution in [3.8, 4) is 11.3 Å². The molecule has 0 saturated heterocycles. The van der Waals surface area contributed by atoms with Crippen LogP contribution in [0.2, 0.25) is 0 Å². The van der Waals surface area contributed by atoms with Crippen LogP contribution < -0.4 is 10.6 Å². The molecule has 2 aromatic heterocycles. The Morgan fingerprint density at radius 1 is 1.11 bits per heavy atom. The minimum atomic E-state index is -4.27. The van der Waals surface area contributed by atoms with Crippen molar-refractivity contribution < 1.29 is 27.5 Å². The van der Waals surface area contributed by atoms with Crippen molar-refractivity contribution in [2.24, 2.45) is 18.9 Å². The Morgan fingerprint density at radius 3 is 2.26 bits per heavy atom. The first-order chi connectivity index (χ1) is 16.2. The summed E-state index contributed by atoms with van der Waals surface area (Å²) in [4.78, 5) is 29.8. The highest BCUT2D eigenvalue weighted by molar-refractivity contribution is 5.95. The fourth-order valence-corrected chi connectivity index (χ4v) is 4.33. The highest BCUT2D eigenvalue weighted by atomic mass is 19.4. The summed E-state index contributed by atoms with van der Waals surface area (Å²) in [5, 5.41) is 9.49. The van der Waals surface area contributed by atoms with Crippen LogP contribution in [0.25, 0.3) is 11.3 Å². The molecule has 35 heavy (non-hydrogen) atoms. The molecular formula is C24H32F3N5O3. The number of ether oxygens (including phenoxy) is 1. The monoisotopic (exact) mass is 495 g/mol. The van der Waals surface area contributed by atoms with Crippen LogP contribution in [0.5, 0.6) is 0 Å². The summed E-state index contributed by atoms with van der Waals surface area (Å²) >= 11 is 0. The van der Waals surface area contributed by atoms with Crippen LogP contribution in [0.4, 0.5) is 23.8 Å². The van der Waals surface area contributed by atoms with Gasteiger partial charge in [-0.2, -0.15) is 18.3 Å². The summed E-state index contributed by atoms with van der Waals surface area (Å²) in [6.45, 7) is 7.20. The van der Waals surface area contributed by atoms with Crippen molar-refractivity contribution in [1.29, 1.82) is 0 Å². The molecule has 0 aromatic carbocycles. The lowest BCUT2D eigenvalue weighted by molar-refractivity contribution is -0.185. The zero-order chi connectivity index (χ0) is 26.0. The average molecular weight is 496 g/mol. The number of carbonyl (C=O) groups is 2. The van der Waals surface area contributed by atoms with Gasteiger partial charge >= 0.3 is 12.3 Å². The maximum atomic E-state index is 13.1. The molecule has 1 atom stereocenters. The van der Waals surface area contributed by atoms with Gasteiger partial charge in [0.15, 0.2) is 6.10 Å². The van der Waals surface area contributed by atoms with E-state index in [2.05, 4.69) is 20.7 Å². The third kappa shape index (κ3) is 6.95. The summed E-state index contributed by atoms with van der Waals surface area (Å²) in [5.74, 6) is -2.32. The molecule has 2 heterocycles. The first kappa shape index (κ1) is 26.5. The zero-order valence-corrected chi connectivity index (χ0v) is 20.6. The molecule has 0 aliphatic heterocycles. The van der Waals surface area contributed by atoms with Gasteiger partial charge in [0.25, 0.3) is 5.91 Å². The highest BCUT2D eigenvalue weighted by Gasteiger charge is 2.44. The van der Waals surface area contributed by atoms with Crippen LogP contribution >= 0.6 is 0 Å². The number of nitrogens with one attached hydrogen (secondary N) is 2. The van der Waals surface area contributed by atoms with E-state index in [1.165, 1.54) is 0 Å². The molecule has 3 rings (SSSR count). The average Bonchev–Trinajstić information content (AvgIpc) is 3.09. The molecule has 1 fully saturated rings. The predicted molar refractivity (Wildman–Crippen MR) is 124 cm³/mol. The van der Waals surface area contributed by atoms with Crippen LogP contribution in [-0.2, 0) is 16.6 Å². The van der Waals surface area contributed by atoms with Gasteiger partial charge in [0.05, 0.1) is 17.8 Å². The molecule has 8 nitrogen and oxygen atoms in total. The van der Waals surface area contributed by atoms with Gasteiger partial charge in [-0.25, -0.2) is 9.78 Å². The van der Waals surface area contributed by atoms with Crippen molar-refractivity contribution in [3.63, 3.8) is 0 Å². The second-order valence-electron chi connectivity index (χ2n) is 10.1. The first-order valence-electron chi connectivity index (χ1n) is 11.6. The van der Waals surface area contributed by atoms with Gasteiger partial charge in [0.2, 0.25) is 0 Å². The second-order valence-corrected chi connectivity index (χ2v) is 10.1. The largest absolute Gasteiger partial charge is 0.436 e. The van der Waals surface area contributed by atoms with Crippen LogP contribution in [0.15, 0.2) is 24.5 Å². The molecule has 1 aliphatic rings. The highest BCUT2D eigenvalue weighted by Crippen LogP contribution is 2.41. The lowest BCUT2D eigenvalue weighted by Gasteiger charge is -2.34. The number of hydrogen-bond acceptors (Lipinski definition) is 5. The maximum Gasteiger partial charge on any atom is 0.408 e. The minimum absolute atomic E-state index is 0.112. The van der Waals surface area contributed by atoms with Crippen molar-refractivity contribution >= 4 is 17.8 Å². The molecule has 2 amide bonds. The molecule has 1 unspecified atom stereocenters. The number of alkyl carbamates (subject to hydrolysis) is 1. The van der Waals surface area contributed by atoms with E-state index in [1.807, 2.05) is 14.0 Å². The number of alkyl halides is 3. The topological polar surface area (TPSA) is 98.1 Å². The number of pyridine rings is 1. The van der Waals surface area contributed by atoms with E-state index in [0.717, 1.165) is 16.8 Å². The van der Waals surface area contributed by atoms with E-state index in [0.29, 0.717) is 0 Å². The van der Waals surface area contributed by atoms with E-state index in [4.69, 9.17) is 4.74 Å². The van der Waals surface area contributed by atoms with Crippen molar-refractivity contribution in [2.45, 2.75) is 71.2 Å². The summed E-state index contributed by atoms with van der Waals surface area (Å²) in [6, 6.07) is 3.40. The quantitative estimate of drug-likeness (QED) is 0.609. The third-order valence-electron chi connectivity index (χ3n) is 6.04. The van der Waals surface area contributed by atoms with Gasteiger partial charge in [-0.3, -0.25) is 9.48 Å². The van der Waals surface area contributed by atoms with E-state index in [1.54, 1.807) is 50.0 Å². The number of anilines is 1. The second kappa shape index (κ2) is 10.2. The Labute approximate surface area is 202 Å². The Bertz CT molecular complexity index is 1020. The molecule has 11 heteroatoms. The number of aromatic nitrogens is 3. The number of hydrogen-bond donors (Lipinski definition) is 2. The number of amides is 2. The lowest BCUT2D eigenvalue weighted by atomic mass is 9.79. The number of aryl methyl sites for hydroxylation is 2. The fourth-order valence-electron chi connectivity index (χ4n) is 4.33. The number of carbonyl (C=O) groups excluding carboxylic acids is 2. The Morgan fingerprint density at radius 2 is 1.77 bits per heavy atom. The molecule has 192 valence electrons. The molecule has 1 aliphatic carbocycles. The number of rotatable bonds is 5. The zero-order valence-electron chi connectivity index (χ0n) is 20.6. The van der Waals surface area contributed by atoms with E-state index >= 15 is 0 Å². The maximum absolute atomic E-state index is 13.1. The summed E-state index contributed by atoms with van der Waals surface area (Å²) in [7, 11) is 1.82. The van der Waals surface area contributed by atoms with Crippen molar-refractivity contribution in [2.75, 3.05) is 5.32 Å². The van der Waals surface area contributed by atoms with Crippen molar-refractivity contribution in [3.05, 3.63) is 30.1 Å². The van der Waals surface area contributed by atoms with Crippen LogP contribution in [0.3, 0.4) is 0 Å². The summed E-state index contributed by atoms with van der Waals surface area (Å²) in [5.41, 5.74) is 2.06. The van der Waals surface area contributed by atoms with Gasteiger partial charge in [-0.15, -0.1) is 0 Å². The lowest BCUT2D eigenvalue weighted by Crippen LogP contribution is -2.47. The molecule has 1 saturated carbocycles. The summed E-state index contributed by atoms with van der Waals surface area (Å²) in [6.07, 6.45) is -2.96. The first-order valence-corrected chi connectivity index (χ1v) is 11.6. The predicted octanol–water partition coefficient (Wildman–Crippen LogP) is 4.99. The van der Waals surface area contributed by atoms with Crippen LogP contribution in [0, 0.1) is 18.8 Å².